The van der Waals surface area contributed by atoms with Crippen LogP contribution < -0.4 is 5.48 Å². The van der Waals surface area contributed by atoms with Crippen LogP contribution in [0.5, 0.6) is 0 Å². The third-order valence-electron chi connectivity index (χ3n) is 0.492. The molecular weight excluding hydrogens is 108 g/mol. The molecule has 1 aliphatic heterocycles. The van der Waals surface area contributed by atoms with Crippen molar-refractivity contribution in [3.8, 4) is 0 Å². The summed E-state index contributed by atoms with van der Waals surface area (Å²) in [5.74, 6) is 0. The molecule has 2 heterocycles. The highest BCUT2D eigenvalue weighted by atomic mass is 16.8. The second-order valence-electron chi connectivity index (χ2n) is 1.11. The molecule has 1 fully saturated rings. The van der Waals surface area contributed by atoms with Crippen LogP contribution >= 0.6 is 0 Å². The molecule has 1 aromatic rings. The summed E-state index contributed by atoms with van der Waals surface area (Å²) in [6.07, 6.45) is 4.47. The Morgan fingerprint density at radius 3 is 2.50 bits per heavy atom. The lowest BCUT2D eigenvalue weighted by molar-refractivity contribution is 0.412. The Bertz CT molecular complexity index is 95.6. The minimum absolute atomic E-state index is 0.750. The van der Waals surface area contributed by atoms with E-state index >= 15 is 0 Å². The maximum Gasteiger partial charge on any atom is 0.180 e. The van der Waals surface area contributed by atoms with E-state index in [4.69, 9.17) is 0 Å². The molecule has 0 spiro atoms. The van der Waals surface area contributed by atoms with Crippen LogP contribution in [0.2, 0.25) is 0 Å². The van der Waals surface area contributed by atoms with Gasteiger partial charge in [0.1, 0.15) is 13.0 Å². The zero-order valence-corrected chi connectivity index (χ0v) is 4.20. The summed E-state index contributed by atoms with van der Waals surface area (Å²) in [5.41, 5.74) is 2.50. The fraction of sp³-hybridized carbons (Fsp3) is 0.250. The minimum Gasteiger partial charge on any atom is -0.452 e. The highest BCUT2D eigenvalue weighted by molar-refractivity contribution is 4.56. The van der Waals surface area contributed by atoms with Gasteiger partial charge in [0.2, 0.25) is 0 Å². The van der Waals surface area contributed by atoms with E-state index in [1.807, 2.05) is 0 Å². The van der Waals surface area contributed by atoms with E-state index in [2.05, 4.69) is 19.7 Å². The molecule has 8 heavy (non-hydrogen) atoms. The van der Waals surface area contributed by atoms with Crippen molar-refractivity contribution in [2.24, 2.45) is 0 Å². The molecule has 1 aromatic heterocycles. The van der Waals surface area contributed by atoms with Crippen molar-refractivity contribution in [3.05, 3.63) is 18.9 Å². The minimum atomic E-state index is 0.750. The van der Waals surface area contributed by atoms with Gasteiger partial charge < -0.3 is 4.42 Å². The van der Waals surface area contributed by atoms with E-state index in [0.29, 0.717) is 0 Å². The average Bonchev–Trinajstić information content (AvgIpc) is 2.55. The Morgan fingerprint density at radius 2 is 2.38 bits per heavy atom. The number of hydroxylamine groups is 1. The Hall–Kier alpha value is -0.870. The molecule has 4 heteroatoms. The summed E-state index contributed by atoms with van der Waals surface area (Å²) in [5, 5.41) is 0. The number of oxazole rings is 1. The molecule has 0 atom stereocenters. The smallest absolute Gasteiger partial charge is 0.180 e. The first-order chi connectivity index (χ1) is 4.00. The Kier molecular flexibility index (Phi) is 2.09. The standard InChI is InChI=1S/C3H3NO.CH3NO/c1-2-5-3-4-1;1-2-3-1/h1-3H;2H,1H2. The molecule has 1 N–H and O–H groups in total. The van der Waals surface area contributed by atoms with Crippen molar-refractivity contribution < 1.29 is 9.25 Å². The lowest BCUT2D eigenvalue weighted by atomic mass is 11.0. The van der Waals surface area contributed by atoms with Crippen LogP contribution in [0.4, 0.5) is 0 Å². The summed E-state index contributed by atoms with van der Waals surface area (Å²) in [6, 6.07) is 0. The van der Waals surface area contributed by atoms with Gasteiger partial charge in [-0.15, -0.1) is 0 Å². The van der Waals surface area contributed by atoms with Crippen molar-refractivity contribution in [1.29, 1.82) is 0 Å². The van der Waals surface area contributed by atoms with E-state index in [9.17, 15) is 0 Å². The van der Waals surface area contributed by atoms with Crippen LogP contribution in [0.3, 0.4) is 0 Å². The molecule has 0 saturated carbocycles. The summed E-state index contributed by atoms with van der Waals surface area (Å²) in [4.78, 5) is 7.81. The Morgan fingerprint density at radius 1 is 1.62 bits per heavy atom. The highest BCUT2D eigenvalue weighted by Crippen LogP contribution is 1.72. The first-order valence-electron chi connectivity index (χ1n) is 2.17. The Labute approximate surface area is 46.4 Å². The van der Waals surface area contributed by atoms with Crippen molar-refractivity contribution in [2.45, 2.75) is 0 Å². The van der Waals surface area contributed by atoms with E-state index in [0.717, 1.165) is 6.73 Å². The predicted octanol–water partition coefficient (Wildman–Crippen LogP) is 0.153. The molecule has 0 amide bonds. The van der Waals surface area contributed by atoms with Crippen molar-refractivity contribution in [3.63, 3.8) is 0 Å². The molecule has 0 bridgehead atoms. The van der Waals surface area contributed by atoms with Gasteiger partial charge in [0.15, 0.2) is 6.39 Å². The normalized spacial score (nSPS) is 14.0. The summed E-state index contributed by atoms with van der Waals surface area (Å²) >= 11 is 0. The fourth-order valence-corrected chi connectivity index (χ4v) is 0.176. The molecular formula is C4H6N2O2. The zero-order valence-electron chi connectivity index (χ0n) is 4.20. The van der Waals surface area contributed by atoms with Crippen LogP contribution in [0.1, 0.15) is 0 Å². The average molecular weight is 114 g/mol. The Balaban J connectivity index is 0.0000000907. The first kappa shape index (κ1) is 5.27. The van der Waals surface area contributed by atoms with E-state index in [1.165, 1.54) is 12.7 Å². The third-order valence-corrected chi connectivity index (χ3v) is 0.492. The van der Waals surface area contributed by atoms with Crippen LogP contribution in [0.25, 0.3) is 0 Å². The number of aromatic nitrogens is 1. The zero-order chi connectivity index (χ0) is 5.66. The van der Waals surface area contributed by atoms with Gasteiger partial charge >= 0.3 is 0 Å². The van der Waals surface area contributed by atoms with Gasteiger partial charge in [-0.3, -0.25) is 4.84 Å². The molecule has 0 unspecified atom stereocenters. The first-order valence-corrected chi connectivity index (χ1v) is 2.17. The molecule has 0 aliphatic carbocycles. The van der Waals surface area contributed by atoms with Gasteiger partial charge in [0.25, 0.3) is 0 Å². The van der Waals surface area contributed by atoms with Crippen molar-refractivity contribution in [1.82, 2.24) is 10.5 Å². The molecule has 1 aliphatic rings. The molecule has 2 rings (SSSR count). The number of nitrogens with zero attached hydrogens (tertiary/aromatic N) is 1. The van der Waals surface area contributed by atoms with Crippen LogP contribution in [0.15, 0.2) is 23.3 Å². The van der Waals surface area contributed by atoms with Gasteiger partial charge in [-0.25, -0.2) is 4.98 Å². The quantitative estimate of drug-likeness (QED) is 0.488. The lowest BCUT2D eigenvalue weighted by Crippen LogP contribution is -1.54. The molecule has 0 aromatic carbocycles. The number of nitrogens with one attached hydrogen (secondary N) is 1. The van der Waals surface area contributed by atoms with Gasteiger partial charge in [0.05, 0.1) is 6.20 Å². The van der Waals surface area contributed by atoms with Gasteiger partial charge in [-0.2, -0.15) is 5.48 Å². The van der Waals surface area contributed by atoms with E-state index in [-0.39, 0.29) is 0 Å². The van der Waals surface area contributed by atoms with Crippen molar-refractivity contribution >= 4 is 0 Å². The van der Waals surface area contributed by atoms with E-state index < -0.39 is 0 Å². The molecule has 0 radical (unpaired) electrons. The SMILES string of the molecule is C1NO1.c1cocn1. The van der Waals surface area contributed by atoms with Crippen LogP contribution in [-0.2, 0) is 4.84 Å². The molecule has 44 valence electrons. The van der Waals surface area contributed by atoms with Crippen LogP contribution in [-0.4, -0.2) is 11.7 Å². The lowest BCUT2D eigenvalue weighted by Gasteiger charge is -1.47. The molecule has 1 saturated heterocycles. The fourth-order valence-electron chi connectivity index (χ4n) is 0.176. The second kappa shape index (κ2) is 3.17. The topological polar surface area (TPSA) is 60.5 Å². The summed E-state index contributed by atoms with van der Waals surface area (Å²) < 4.78 is 4.47. The number of rotatable bonds is 0. The monoisotopic (exact) mass is 114 g/mol. The number of hydrogen-bond acceptors (Lipinski definition) is 4. The van der Waals surface area contributed by atoms with Crippen LogP contribution in [0, 0.1) is 0 Å². The number of hydrogen-bond donors (Lipinski definition) is 1. The van der Waals surface area contributed by atoms with E-state index in [1.54, 1.807) is 6.20 Å². The summed E-state index contributed by atoms with van der Waals surface area (Å²) in [7, 11) is 0. The maximum atomic E-state index is 4.47. The molecule has 4 nitrogen and oxygen atoms in total. The van der Waals surface area contributed by atoms with Gasteiger partial charge in [-0.1, -0.05) is 0 Å². The summed E-state index contributed by atoms with van der Waals surface area (Å²) in [6.45, 7) is 0.750. The largest absolute Gasteiger partial charge is 0.452 e. The highest BCUT2D eigenvalue weighted by Gasteiger charge is 1.91. The van der Waals surface area contributed by atoms with Gasteiger partial charge in [-0.05, 0) is 0 Å². The van der Waals surface area contributed by atoms with Crippen molar-refractivity contribution in [2.75, 3.05) is 6.73 Å². The third kappa shape index (κ3) is 3.32. The predicted molar refractivity (Wildman–Crippen MR) is 25.6 cm³/mol. The second-order valence-corrected chi connectivity index (χ2v) is 1.11. The van der Waals surface area contributed by atoms with Gasteiger partial charge in [0, 0.05) is 0 Å². The maximum absolute atomic E-state index is 4.47.